The number of benzene rings is 2. The van der Waals surface area contributed by atoms with Crippen LogP contribution in [0.4, 0.5) is 0 Å². The second kappa shape index (κ2) is 5.51. The Hall–Kier alpha value is -2.11. The van der Waals surface area contributed by atoms with Crippen LogP contribution in [0.25, 0.3) is 0 Å². The first-order valence-corrected chi connectivity index (χ1v) is 7.46. The van der Waals surface area contributed by atoms with Crippen molar-refractivity contribution in [2.24, 2.45) is 0 Å². The Labute approximate surface area is 139 Å². The van der Waals surface area contributed by atoms with Crippen LogP contribution >= 0.6 is 12.4 Å². The molecule has 0 saturated heterocycles. The smallest absolute Gasteiger partial charge is 0.166 e. The number of aromatic hydroxyl groups is 4. The SMILES string of the molecule is Cl.Oc1cc2c(cc1O)C1Cc3ccc(O)c(O)c3C[NH+]1CC2. The van der Waals surface area contributed by atoms with Crippen molar-refractivity contribution in [3.63, 3.8) is 0 Å². The molecule has 2 aromatic carbocycles. The fourth-order valence-electron chi connectivity index (χ4n) is 3.83. The zero-order valence-corrected chi connectivity index (χ0v) is 13.2. The van der Waals surface area contributed by atoms with Crippen molar-refractivity contribution in [3.05, 3.63) is 46.5 Å². The molecule has 0 fully saturated rings. The molecule has 0 spiro atoms. The maximum Gasteiger partial charge on any atom is 0.166 e. The second-order valence-corrected chi connectivity index (χ2v) is 6.20. The first-order valence-electron chi connectivity index (χ1n) is 7.46. The standard InChI is InChI=1S/C17H17NO4.ClH/c19-14-2-1-9-5-13-11-7-16(21)15(20)6-10(11)3-4-18(13)8-12(9)17(14)22;/h1-2,6-7,13,19-22H,3-5,8H2;1H/p+1. The van der Waals surface area contributed by atoms with E-state index in [1.165, 1.54) is 11.0 Å². The van der Waals surface area contributed by atoms with E-state index < -0.39 is 0 Å². The summed E-state index contributed by atoms with van der Waals surface area (Å²) >= 11 is 0. The molecule has 0 bridgehead atoms. The van der Waals surface area contributed by atoms with Crippen LogP contribution in [0.15, 0.2) is 24.3 Å². The molecule has 0 amide bonds. The van der Waals surface area contributed by atoms with Crippen molar-refractivity contribution in [1.82, 2.24) is 0 Å². The predicted molar refractivity (Wildman–Crippen MR) is 86.5 cm³/mol. The zero-order valence-electron chi connectivity index (χ0n) is 12.4. The molecule has 0 radical (unpaired) electrons. The highest BCUT2D eigenvalue weighted by atomic mass is 35.5. The van der Waals surface area contributed by atoms with Crippen LogP contribution in [-0.4, -0.2) is 27.0 Å². The van der Waals surface area contributed by atoms with Crippen LogP contribution in [0.1, 0.15) is 28.3 Å². The Morgan fingerprint density at radius 1 is 0.913 bits per heavy atom. The topological polar surface area (TPSA) is 85.4 Å². The van der Waals surface area contributed by atoms with Gasteiger partial charge in [-0.2, -0.15) is 0 Å². The van der Waals surface area contributed by atoms with Gasteiger partial charge in [-0.05, 0) is 29.3 Å². The Morgan fingerprint density at radius 2 is 1.65 bits per heavy atom. The molecule has 0 saturated carbocycles. The molecule has 0 aliphatic carbocycles. The lowest BCUT2D eigenvalue weighted by molar-refractivity contribution is -0.949. The van der Waals surface area contributed by atoms with Crippen molar-refractivity contribution < 1.29 is 25.3 Å². The van der Waals surface area contributed by atoms with Crippen molar-refractivity contribution in [2.45, 2.75) is 25.4 Å². The van der Waals surface area contributed by atoms with Crippen molar-refractivity contribution in [3.8, 4) is 23.0 Å². The molecule has 2 atom stereocenters. The van der Waals surface area contributed by atoms with Gasteiger partial charge in [0.05, 0.1) is 12.1 Å². The molecule has 122 valence electrons. The second-order valence-electron chi connectivity index (χ2n) is 6.20. The lowest BCUT2D eigenvalue weighted by atomic mass is 9.83. The minimum Gasteiger partial charge on any atom is -0.504 e. The van der Waals surface area contributed by atoms with Crippen LogP contribution in [-0.2, 0) is 19.4 Å². The molecule has 5 N–H and O–H groups in total. The van der Waals surface area contributed by atoms with Gasteiger partial charge in [-0.1, -0.05) is 6.07 Å². The molecule has 2 unspecified atom stereocenters. The number of rotatable bonds is 0. The first-order chi connectivity index (χ1) is 10.5. The molecule has 2 aromatic rings. The number of phenolic OH excluding ortho intramolecular Hbond substituents is 4. The fourth-order valence-corrected chi connectivity index (χ4v) is 3.83. The molecule has 2 aliphatic rings. The van der Waals surface area contributed by atoms with E-state index in [4.69, 9.17) is 0 Å². The van der Waals surface area contributed by atoms with Crippen molar-refractivity contribution in [2.75, 3.05) is 6.54 Å². The average molecular weight is 337 g/mol. The van der Waals surface area contributed by atoms with Gasteiger partial charge in [0.25, 0.3) is 0 Å². The number of hydrogen-bond acceptors (Lipinski definition) is 4. The molecule has 23 heavy (non-hydrogen) atoms. The van der Waals surface area contributed by atoms with E-state index in [0.29, 0.717) is 6.54 Å². The highest BCUT2D eigenvalue weighted by Gasteiger charge is 2.37. The van der Waals surface area contributed by atoms with E-state index in [0.717, 1.165) is 41.6 Å². The third-order valence-electron chi connectivity index (χ3n) is 5.01. The average Bonchev–Trinajstić information content (AvgIpc) is 2.51. The van der Waals surface area contributed by atoms with Gasteiger partial charge in [-0.25, -0.2) is 0 Å². The summed E-state index contributed by atoms with van der Waals surface area (Å²) in [4.78, 5) is 1.31. The molecule has 4 rings (SSSR count). The maximum atomic E-state index is 10.1. The van der Waals surface area contributed by atoms with E-state index >= 15 is 0 Å². The summed E-state index contributed by atoms with van der Waals surface area (Å²) in [7, 11) is 0. The molecular weight excluding hydrogens is 318 g/mol. The van der Waals surface area contributed by atoms with Crippen LogP contribution in [0.5, 0.6) is 23.0 Å². The summed E-state index contributed by atoms with van der Waals surface area (Å²) in [6, 6.07) is 6.91. The van der Waals surface area contributed by atoms with Gasteiger partial charge in [0, 0.05) is 18.4 Å². The van der Waals surface area contributed by atoms with Gasteiger partial charge in [-0.15, -0.1) is 12.4 Å². The minimum atomic E-state index is -0.0839. The molecule has 2 aliphatic heterocycles. The molecule has 2 heterocycles. The van der Waals surface area contributed by atoms with Gasteiger partial charge in [0.15, 0.2) is 23.0 Å². The number of quaternary nitrogens is 1. The Morgan fingerprint density at radius 3 is 2.43 bits per heavy atom. The third kappa shape index (κ3) is 2.36. The summed E-state index contributed by atoms with van der Waals surface area (Å²) < 4.78 is 0. The van der Waals surface area contributed by atoms with Gasteiger partial charge >= 0.3 is 0 Å². The Kier molecular flexibility index (Phi) is 3.78. The number of nitrogens with one attached hydrogen (secondary N) is 1. The predicted octanol–water partition coefficient (Wildman–Crippen LogP) is 1.17. The van der Waals surface area contributed by atoms with Gasteiger partial charge in [0.1, 0.15) is 12.6 Å². The summed E-state index contributed by atoms with van der Waals surface area (Å²) in [5.41, 5.74) is 3.99. The summed E-state index contributed by atoms with van der Waals surface area (Å²) in [6.07, 6.45) is 1.57. The van der Waals surface area contributed by atoms with Crippen molar-refractivity contribution >= 4 is 12.4 Å². The highest BCUT2D eigenvalue weighted by Crippen LogP contribution is 2.38. The number of hydrogen-bond donors (Lipinski definition) is 5. The van der Waals surface area contributed by atoms with E-state index in [1.807, 2.05) is 6.07 Å². The maximum absolute atomic E-state index is 10.1. The lowest BCUT2D eigenvalue weighted by Gasteiger charge is -2.38. The number of phenols is 4. The van der Waals surface area contributed by atoms with E-state index in [-0.39, 0.29) is 41.4 Å². The fraction of sp³-hybridized carbons (Fsp3) is 0.294. The van der Waals surface area contributed by atoms with Crippen LogP contribution in [0.3, 0.4) is 0 Å². The van der Waals surface area contributed by atoms with Gasteiger partial charge in [-0.3, -0.25) is 0 Å². The lowest BCUT2D eigenvalue weighted by Crippen LogP contribution is -3.13. The van der Waals surface area contributed by atoms with E-state index in [1.54, 1.807) is 12.1 Å². The first kappa shape index (κ1) is 15.8. The zero-order chi connectivity index (χ0) is 15.4. The normalized spacial score (nSPS) is 21.6. The monoisotopic (exact) mass is 336 g/mol. The van der Waals surface area contributed by atoms with Crippen LogP contribution < -0.4 is 4.90 Å². The van der Waals surface area contributed by atoms with Crippen LogP contribution in [0.2, 0.25) is 0 Å². The highest BCUT2D eigenvalue weighted by molar-refractivity contribution is 5.85. The summed E-state index contributed by atoms with van der Waals surface area (Å²) in [6.45, 7) is 1.55. The van der Waals surface area contributed by atoms with E-state index in [9.17, 15) is 20.4 Å². The molecule has 0 aromatic heterocycles. The van der Waals surface area contributed by atoms with E-state index in [2.05, 4.69) is 0 Å². The largest absolute Gasteiger partial charge is 0.504 e. The summed E-state index contributed by atoms with van der Waals surface area (Å²) in [5.74, 6) is -0.236. The number of fused-ring (bicyclic) bond motifs is 4. The molecule has 6 heteroatoms. The molecule has 5 nitrogen and oxygen atoms in total. The quantitative estimate of drug-likeness (QED) is 0.468. The van der Waals surface area contributed by atoms with Gasteiger partial charge in [0.2, 0.25) is 0 Å². The minimum absolute atomic E-state index is 0. The Balaban J connectivity index is 0.00000156. The van der Waals surface area contributed by atoms with Crippen molar-refractivity contribution in [1.29, 1.82) is 0 Å². The summed E-state index contributed by atoms with van der Waals surface area (Å²) in [5, 5.41) is 39.2. The Bertz CT molecular complexity index is 778. The van der Waals surface area contributed by atoms with Gasteiger partial charge < -0.3 is 25.3 Å². The number of halogens is 1. The van der Waals surface area contributed by atoms with Crippen LogP contribution in [0, 0.1) is 0 Å². The third-order valence-corrected chi connectivity index (χ3v) is 5.01. The molecular formula is C17H19ClNO4+.